The molecule has 58 heavy (non-hydrogen) atoms. The van der Waals surface area contributed by atoms with E-state index >= 15 is 0 Å². The molecule has 1 amide bonds. The van der Waals surface area contributed by atoms with Gasteiger partial charge in [0, 0.05) is 97.3 Å². The van der Waals surface area contributed by atoms with Crippen molar-refractivity contribution in [3.8, 4) is 29.1 Å². The summed E-state index contributed by atoms with van der Waals surface area (Å²) in [7, 11) is 3.56. The van der Waals surface area contributed by atoms with E-state index in [0.29, 0.717) is 45.9 Å². The number of halogens is 3. The molecule has 303 valence electrons. The number of carbonyl (C=O) groups excluding carboxylic acids is 2. The summed E-state index contributed by atoms with van der Waals surface area (Å²) < 4.78 is 68.9. The number of esters is 1. The van der Waals surface area contributed by atoms with Gasteiger partial charge in [-0.1, -0.05) is 18.2 Å². The molecule has 1 unspecified atom stereocenters. The summed E-state index contributed by atoms with van der Waals surface area (Å²) >= 11 is 1.35. The van der Waals surface area contributed by atoms with Crippen LogP contribution in [0, 0.1) is 76.2 Å². The molecule has 7 atom stereocenters. The van der Waals surface area contributed by atoms with Crippen molar-refractivity contribution in [3.63, 3.8) is 0 Å². The summed E-state index contributed by atoms with van der Waals surface area (Å²) in [5.41, 5.74) is 5.21. The molecule has 6 aliphatic rings. The standard InChI is InChI=1S/C41H41F3N4O8S.Ac/c1-19-12-23-13-26-27(14-45)48-28-15-53-40(51)25(46-29(49)11-8-22-6-9-24(10-7-22)41(42,43)44)16-57-39(32-31(28)38-37(55-18-56-38)21(3)35(32)50)34(48)33(47(26)4)30(23)36(20(19)2)54-17-52-5;/h6-12,25-28,33-34,39,50H,13,15-18H2,1-5H3,(H,46,49);/b11-8+;/t25-,26-,27-,28-,33+,34?,39+;/m0./s1. The fourth-order valence-corrected chi connectivity index (χ4v) is 10.6. The minimum atomic E-state index is -4.50. The minimum absolute atomic E-state index is 0. The number of nitriles is 1. The molecule has 2 N–H and O–H groups in total. The van der Waals surface area contributed by atoms with Crippen LogP contribution >= 0.6 is 11.8 Å². The van der Waals surface area contributed by atoms with E-state index < -0.39 is 53.0 Å². The number of aromatic hydroxyl groups is 1. The molecule has 9 rings (SSSR count). The number of nitrogens with zero attached hydrogens (tertiary/aromatic N) is 3. The number of hydrogen-bond donors (Lipinski definition) is 2. The smallest absolute Gasteiger partial charge is 0.416 e. The molecule has 6 heterocycles. The Labute approximate surface area is 373 Å². The zero-order chi connectivity index (χ0) is 40.5. The minimum Gasteiger partial charge on any atom is -0.507 e. The van der Waals surface area contributed by atoms with Gasteiger partial charge in [-0.25, -0.2) is 4.79 Å². The molecule has 12 nitrogen and oxygen atoms in total. The number of nitrogens with one attached hydrogen (secondary N) is 1. The van der Waals surface area contributed by atoms with Crippen LogP contribution in [0.2, 0.25) is 0 Å². The van der Waals surface area contributed by atoms with Gasteiger partial charge in [-0.05, 0) is 74.7 Å². The van der Waals surface area contributed by atoms with E-state index in [1.807, 2.05) is 20.9 Å². The Morgan fingerprint density at radius 3 is 2.52 bits per heavy atom. The maximum atomic E-state index is 13.8. The average Bonchev–Trinajstić information content (AvgIpc) is 3.67. The summed E-state index contributed by atoms with van der Waals surface area (Å²) in [5, 5.41) is 25.3. The Balaban J connectivity index is 0.00000512. The second-order valence-corrected chi connectivity index (χ2v) is 16.1. The summed E-state index contributed by atoms with van der Waals surface area (Å²) in [5.74, 6) is 0.174. The topological polar surface area (TPSA) is 143 Å². The number of ether oxygens (including phenoxy) is 5. The molecular formula is C41H41AcF3N4O8S. The predicted octanol–water partition coefficient (Wildman–Crippen LogP) is 5.81. The van der Waals surface area contributed by atoms with E-state index in [9.17, 15) is 33.1 Å². The van der Waals surface area contributed by atoms with E-state index in [1.54, 1.807) is 14.0 Å². The fourth-order valence-electron chi connectivity index (χ4n) is 9.13. The number of methoxy groups -OCH3 is 1. The van der Waals surface area contributed by atoms with Crippen LogP contribution < -0.4 is 19.5 Å². The van der Waals surface area contributed by atoms with Crippen molar-refractivity contribution in [1.82, 2.24) is 15.1 Å². The summed E-state index contributed by atoms with van der Waals surface area (Å²) in [6.45, 7) is 5.49. The van der Waals surface area contributed by atoms with Crippen molar-refractivity contribution < 1.29 is 95.6 Å². The number of benzene rings is 3. The van der Waals surface area contributed by atoms with Crippen LogP contribution in [0.15, 0.2) is 36.4 Å². The van der Waals surface area contributed by atoms with E-state index in [-0.39, 0.29) is 87.8 Å². The first-order valence-corrected chi connectivity index (χ1v) is 19.5. The first-order valence-electron chi connectivity index (χ1n) is 18.5. The van der Waals surface area contributed by atoms with E-state index in [0.717, 1.165) is 40.5 Å². The van der Waals surface area contributed by atoms with Gasteiger partial charge < -0.3 is 34.1 Å². The van der Waals surface area contributed by atoms with Crippen molar-refractivity contribution in [2.24, 2.45) is 0 Å². The third-order valence-corrected chi connectivity index (χ3v) is 13.3. The Hall–Kier alpha value is -3.51. The number of fused-ring (bicyclic) bond motifs is 10. The molecular weight excluding hydrogens is 993 g/mol. The molecule has 0 aliphatic carbocycles. The van der Waals surface area contributed by atoms with Gasteiger partial charge in [-0.2, -0.15) is 18.4 Å². The SMILES string of the molecule is COCOc1c(C)c(C)cc2c1[C@@H]1C3[C@@H]4SC[C@H](NC(=O)/C=C/c5ccc(C(F)(F)F)cc5)C(=O)OC[C@@H](c5c6c(c(C)c(O)c54)OCO6)N3[C@@H](C#N)[C@H](C2)N1C.[Ac]. The molecule has 1 radical (unpaired) electrons. The van der Waals surface area contributed by atoms with E-state index in [1.165, 1.54) is 30.0 Å². The third-order valence-electron chi connectivity index (χ3n) is 11.9. The Bertz CT molecular complexity index is 2220. The van der Waals surface area contributed by atoms with Gasteiger partial charge in [0.25, 0.3) is 0 Å². The van der Waals surface area contributed by atoms with Gasteiger partial charge in [0.05, 0.1) is 29.0 Å². The number of phenolic OH excluding ortho intramolecular Hbond substituents is 1. The second kappa shape index (κ2) is 16.5. The quantitative estimate of drug-likeness (QED) is 0.175. The normalized spacial score (nSPS) is 26.1. The maximum Gasteiger partial charge on any atom is 0.416 e. The number of amides is 1. The van der Waals surface area contributed by atoms with Crippen LogP contribution in [0.4, 0.5) is 13.2 Å². The second-order valence-electron chi connectivity index (χ2n) is 14.9. The maximum absolute atomic E-state index is 13.8. The van der Waals surface area contributed by atoms with Gasteiger partial charge in [-0.15, -0.1) is 11.8 Å². The average molecular weight is 1030 g/mol. The van der Waals surface area contributed by atoms with Gasteiger partial charge in [0.15, 0.2) is 18.3 Å². The molecule has 0 spiro atoms. The van der Waals surface area contributed by atoms with Crippen LogP contribution in [0.5, 0.6) is 23.0 Å². The van der Waals surface area contributed by atoms with E-state index in [4.69, 9.17) is 23.7 Å². The zero-order valence-electron chi connectivity index (χ0n) is 32.4. The largest absolute Gasteiger partial charge is 0.507 e. The Kier molecular flexibility index (Phi) is 12.1. The van der Waals surface area contributed by atoms with Gasteiger partial charge in [0.2, 0.25) is 12.7 Å². The Morgan fingerprint density at radius 1 is 1.10 bits per heavy atom. The molecule has 2 fully saturated rings. The molecule has 0 saturated carbocycles. The van der Waals surface area contributed by atoms with Crippen molar-refractivity contribution in [1.29, 1.82) is 5.26 Å². The predicted molar refractivity (Wildman–Crippen MR) is 202 cm³/mol. The molecule has 17 heteroatoms. The van der Waals surface area contributed by atoms with Crippen molar-refractivity contribution in [3.05, 3.63) is 86.5 Å². The molecule has 3 aromatic rings. The number of hydrogen-bond acceptors (Lipinski definition) is 12. The van der Waals surface area contributed by atoms with Gasteiger partial charge in [0.1, 0.15) is 30.2 Å². The van der Waals surface area contributed by atoms with Crippen molar-refractivity contribution in [2.75, 3.05) is 40.1 Å². The van der Waals surface area contributed by atoms with Crippen LogP contribution in [-0.2, 0) is 31.7 Å². The van der Waals surface area contributed by atoms with Crippen molar-refractivity contribution in [2.45, 2.75) is 74.9 Å². The van der Waals surface area contributed by atoms with Crippen molar-refractivity contribution >= 4 is 29.7 Å². The zero-order valence-corrected chi connectivity index (χ0v) is 37.9. The van der Waals surface area contributed by atoms with E-state index in [2.05, 4.69) is 27.3 Å². The molecule has 3 aromatic carbocycles. The monoisotopic (exact) mass is 1030 g/mol. The molecule has 4 bridgehead atoms. The van der Waals surface area contributed by atoms with Gasteiger partial charge >= 0.3 is 12.1 Å². The summed E-state index contributed by atoms with van der Waals surface area (Å²) in [6, 6.07) is 5.39. The van der Waals surface area contributed by atoms with Crippen LogP contribution in [0.1, 0.15) is 67.4 Å². The fraction of sp³-hybridized carbons (Fsp3) is 0.439. The van der Waals surface area contributed by atoms with Crippen LogP contribution in [-0.4, -0.2) is 91.1 Å². The third kappa shape index (κ3) is 7.15. The molecule has 0 aromatic heterocycles. The number of alkyl halides is 3. The Morgan fingerprint density at radius 2 is 1.83 bits per heavy atom. The van der Waals surface area contributed by atoms with Gasteiger partial charge in [-0.3, -0.25) is 14.6 Å². The van der Waals surface area contributed by atoms with Crippen LogP contribution in [0.25, 0.3) is 6.08 Å². The molecule has 6 aliphatic heterocycles. The first-order chi connectivity index (χ1) is 27.2. The number of carbonyl (C=O) groups is 2. The number of piperazine rings is 1. The molecule has 2 saturated heterocycles. The first kappa shape index (κ1) is 42.6. The summed E-state index contributed by atoms with van der Waals surface area (Å²) in [6.07, 6.45) is -1.44. The number of phenols is 1. The number of rotatable bonds is 6. The summed E-state index contributed by atoms with van der Waals surface area (Å²) in [4.78, 5) is 31.5. The number of likely N-dealkylation sites (N-methyl/N-ethyl adjacent to an activating group) is 1. The number of thioether (sulfide) groups is 1. The number of aryl methyl sites for hydroxylation is 1. The van der Waals surface area contributed by atoms with Crippen LogP contribution in [0.3, 0.4) is 0 Å².